The summed E-state index contributed by atoms with van der Waals surface area (Å²) in [6.45, 7) is 5.21. The summed E-state index contributed by atoms with van der Waals surface area (Å²) in [4.78, 5) is 34.7. The lowest BCUT2D eigenvalue weighted by molar-refractivity contribution is -0.144. The summed E-state index contributed by atoms with van der Waals surface area (Å²) in [6, 6.07) is 5.45. The smallest absolute Gasteiger partial charge is 0.328 e. The highest BCUT2D eigenvalue weighted by Crippen LogP contribution is 2.14. The van der Waals surface area contributed by atoms with Crippen LogP contribution in [0.25, 0.3) is 0 Å². The van der Waals surface area contributed by atoms with Crippen LogP contribution in [0.2, 0.25) is 0 Å². The van der Waals surface area contributed by atoms with Gasteiger partial charge in [-0.2, -0.15) is 0 Å². The summed E-state index contributed by atoms with van der Waals surface area (Å²) >= 11 is 0. The van der Waals surface area contributed by atoms with Crippen molar-refractivity contribution >= 4 is 29.3 Å². The van der Waals surface area contributed by atoms with E-state index in [0.717, 1.165) is 6.42 Å². The minimum Gasteiger partial charge on any atom is -0.467 e. The lowest BCUT2D eigenvalue weighted by Gasteiger charge is -2.22. The Morgan fingerprint density at radius 2 is 1.61 bits per heavy atom. The molecular weight excluding hydrogens is 298 g/mol. The van der Waals surface area contributed by atoms with Crippen LogP contribution in [-0.2, 0) is 14.3 Å². The number of benzene rings is 1. The van der Waals surface area contributed by atoms with Crippen LogP contribution in [0, 0.1) is 5.92 Å². The van der Waals surface area contributed by atoms with Crippen LogP contribution >= 0.6 is 0 Å². The molecule has 1 aromatic rings. The van der Waals surface area contributed by atoms with E-state index in [9.17, 15) is 14.4 Å². The van der Waals surface area contributed by atoms with E-state index in [-0.39, 0.29) is 11.8 Å². The Bertz CT molecular complexity index is 557. The third kappa shape index (κ3) is 5.98. The second-order valence-electron chi connectivity index (χ2n) is 5.24. The largest absolute Gasteiger partial charge is 0.467 e. The molecule has 7 nitrogen and oxygen atoms in total. The van der Waals surface area contributed by atoms with Crippen LogP contribution in [0.3, 0.4) is 0 Å². The number of amides is 3. The molecule has 1 aromatic carbocycles. The van der Waals surface area contributed by atoms with Crippen LogP contribution in [0.4, 0.5) is 16.2 Å². The lowest BCUT2D eigenvalue weighted by atomic mass is 9.99. The zero-order valence-electron chi connectivity index (χ0n) is 13.8. The van der Waals surface area contributed by atoms with Gasteiger partial charge in [-0.15, -0.1) is 0 Å². The summed E-state index contributed by atoms with van der Waals surface area (Å²) in [6.07, 6.45) is 0.728. The number of urea groups is 1. The fourth-order valence-electron chi connectivity index (χ4n) is 1.94. The second kappa shape index (κ2) is 8.77. The van der Waals surface area contributed by atoms with E-state index in [4.69, 9.17) is 4.74 Å². The molecule has 0 radical (unpaired) electrons. The Morgan fingerprint density at radius 1 is 1.09 bits per heavy atom. The average Bonchev–Trinajstić information content (AvgIpc) is 2.52. The summed E-state index contributed by atoms with van der Waals surface area (Å²) in [5, 5.41) is 7.89. The van der Waals surface area contributed by atoms with Gasteiger partial charge in [0.05, 0.1) is 7.11 Å². The first-order valence-corrected chi connectivity index (χ1v) is 7.40. The first-order valence-electron chi connectivity index (χ1n) is 7.40. The van der Waals surface area contributed by atoms with Crippen molar-refractivity contribution in [2.75, 3.05) is 17.7 Å². The number of nitrogens with one attached hydrogen (secondary N) is 3. The van der Waals surface area contributed by atoms with Crippen molar-refractivity contribution in [3.63, 3.8) is 0 Å². The third-order valence-corrected chi connectivity index (χ3v) is 3.42. The van der Waals surface area contributed by atoms with E-state index >= 15 is 0 Å². The summed E-state index contributed by atoms with van der Waals surface area (Å²) in [7, 11) is 1.29. The molecule has 0 heterocycles. The van der Waals surface area contributed by atoms with Gasteiger partial charge < -0.3 is 20.7 Å². The van der Waals surface area contributed by atoms with E-state index in [0.29, 0.717) is 11.4 Å². The quantitative estimate of drug-likeness (QED) is 0.701. The molecular formula is C16H23N3O4. The molecule has 7 heteroatoms. The Balaban J connectivity index is 2.67. The molecule has 2 atom stereocenters. The Hall–Kier alpha value is -2.57. The topological polar surface area (TPSA) is 96.5 Å². The number of carbonyl (C=O) groups excluding carboxylic acids is 3. The normalized spacial score (nSPS) is 12.7. The van der Waals surface area contributed by atoms with Crippen molar-refractivity contribution in [2.24, 2.45) is 5.92 Å². The number of methoxy groups -OCH3 is 1. The number of esters is 1. The van der Waals surface area contributed by atoms with Crippen molar-refractivity contribution in [2.45, 2.75) is 33.2 Å². The molecule has 0 aromatic heterocycles. The zero-order chi connectivity index (χ0) is 17.4. The molecule has 126 valence electrons. The van der Waals surface area contributed by atoms with Crippen LogP contribution in [0.1, 0.15) is 27.2 Å². The molecule has 1 rings (SSSR count). The first-order chi connectivity index (χ1) is 10.9. The minimum absolute atomic E-state index is 0.0460. The van der Waals surface area contributed by atoms with E-state index < -0.39 is 18.0 Å². The molecule has 0 bridgehead atoms. The SMILES string of the molecule is CCC(C)C(NC(=O)Nc1ccc(NC(C)=O)cc1)C(=O)OC. The van der Waals surface area contributed by atoms with Gasteiger partial charge in [0.15, 0.2) is 0 Å². The highest BCUT2D eigenvalue weighted by molar-refractivity contribution is 5.93. The highest BCUT2D eigenvalue weighted by atomic mass is 16.5. The Morgan fingerprint density at radius 3 is 2.04 bits per heavy atom. The van der Waals surface area contributed by atoms with Gasteiger partial charge >= 0.3 is 12.0 Å². The maximum Gasteiger partial charge on any atom is 0.328 e. The molecule has 0 aliphatic heterocycles. The molecule has 0 saturated heterocycles. The molecule has 0 fully saturated rings. The van der Waals surface area contributed by atoms with E-state index in [1.54, 1.807) is 24.3 Å². The number of rotatable bonds is 6. The highest BCUT2D eigenvalue weighted by Gasteiger charge is 2.26. The van der Waals surface area contributed by atoms with Gasteiger partial charge in [-0.1, -0.05) is 20.3 Å². The van der Waals surface area contributed by atoms with Crippen molar-refractivity contribution in [3.8, 4) is 0 Å². The summed E-state index contributed by atoms with van der Waals surface area (Å²) in [5.74, 6) is -0.691. The standard InChI is InChI=1S/C16H23N3O4/c1-5-10(2)14(15(21)23-4)19-16(22)18-13-8-6-12(7-9-13)17-11(3)20/h6-10,14H,5H2,1-4H3,(H,17,20)(H2,18,19,22). The number of carbonyl (C=O) groups is 3. The first kappa shape index (κ1) is 18.5. The molecule has 0 aliphatic carbocycles. The summed E-state index contributed by atoms with van der Waals surface area (Å²) in [5.41, 5.74) is 1.18. The van der Waals surface area contributed by atoms with Crippen LogP contribution < -0.4 is 16.0 Å². The molecule has 3 amide bonds. The van der Waals surface area contributed by atoms with Gasteiger partial charge in [-0.05, 0) is 30.2 Å². The number of hydrogen-bond donors (Lipinski definition) is 3. The van der Waals surface area contributed by atoms with Gasteiger partial charge in [-0.3, -0.25) is 4.79 Å². The van der Waals surface area contributed by atoms with Crippen molar-refractivity contribution in [1.82, 2.24) is 5.32 Å². The Labute approximate surface area is 135 Å². The van der Waals surface area contributed by atoms with Crippen molar-refractivity contribution < 1.29 is 19.1 Å². The minimum atomic E-state index is -0.705. The van der Waals surface area contributed by atoms with Crippen LogP contribution in [-0.4, -0.2) is 31.1 Å². The van der Waals surface area contributed by atoms with Crippen LogP contribution in [0.15, 0.2) is 24.3 Å². The molecule has 23 heavy (non-hydrogen) atoms. The van der Waals surface area contributed by atoms with Gasteiger partial charge in [-0.25, -0.2) is 9.59 Å². The molecule has 2 unspecified atom stereocenters. The third-order valence-electron chi connectivity index (χ3n) is 3.42. The Kier molecular flexibility index (Phi) is 7.05. The maximum absolute atomic E-state index is 12.0. The fourth-order valence-corrected chi connectivity index (χ4v) is 1.94. The fraction of sp³-hybridized carbons (Fsp3) is 0.438. The number of hydrogen-bond acceptors (Lipinski definition) is 4. The van der Waals surface area contributed by atoms with Gasteiger partial charge in [0.25, 0.3) is 0 Å². The molecule has 3 N–H and O–H groups in total. The van der Waals surface area contributed by atoms with Gasteiger partial charge in [0, 0.05) is 18.3 Å². The lowest BCUT2D eigenvalue weighted by Crippen LogP contribution is -2.47. The van der Waals surface area contributed by atoms with E-state index in [1.165, 1.54) is 14.0 Å². The number of anilines is 2. The maximum atomic E-state index is 12.0. The monoisotopic (exact) mass is 321 g/mol. The van der Waals surface area contributed by atoms with Crippen molar-refractivity contribution in [3.05, 3.63) is 24.3 Å². The van der Waals surface area contributed by atoms with Crippen molar-refractivity contribution in [1.29, 1.82) is 0 Å². The predicted molar refractivity (Wildman–Crippen MR) is 88.2 cm³/mol. The van der Waals surface area contributed by atoms with E-state index in [2.05, 4.69) is 16.0 Å². The van der Waals surface area contributed by atoms with Gasteiger partial charge in [0.1, 0.15) is 6.04 Å². The second-order valence-corrected chi connectivity index (χ2v) is 5.24. The van der Waals surface area contributed by atoms with E-state index in [1.807, 2.05) is 13.8 Å². The molecule has 0 aliphatic rings. The molecule has 0 saturated carbocycles. The van der Waals surface area contributed by atoms with Gasteiger partial charge in [0.2, 0.25) is 5.91 Å². The number of ether oxygens (including phenoxy) is 1. The average molecular weight is 321 g/mol. The predicted octanol–water partition coefficient (Wildman–Crippen LogP) is 2.35. The van der Waals surface area contributed by atoms with Crippen LogP contribution in [0.5, 0.6) is 0 Å². The summed E-state index contributed by atoms with van der Waals surface area (Å²) < 4.78 is 4.72. The zero-order valence-corrected chi connectivity index (χ0v) is 13.8. The molecule has 0 spiro atoms.